The minimum atomic E-state index is -1.32. The lowest BCUT2D eigenvalue weighted by molar-refractivity contribution is -0.117. The van der Waals surface area contributed by atoms with Crippen LogP contribution in [-0.4, -0.2) is 22.6 Å². The summed E-state index contributed by atoms with van der Waals surface area (Å²) >= 11 is 31.7. The molecule has 0 spiro atoms. The molecule has 1 aliphatic rings. The van der Waals surface area contributed by atoms with Gasteiger partial charge in [0.1, 0.15) is 4.33 Å². The number of hydrogen-bond donors (Lipinski definition) is 2. The summed E-state index contributed by atoms with van der Waals surface area (Å²) in [4.78, 5) is 26.5. The summed E-state index contributed by atoms with van der Waals surface area (Å²) < 4.78 is -1.32. The van der Waals surface area contributed by atoms with E-state index in [1.165, 1.54) is 5.56 Å². The molecule has 5 rings (SSSR count). The molecule has 1 saturated carbocycles. The lowest BCUT2D eigenvalue weighted by Crippen LogP contribution is -2.17. The Bertz CT molecular complexity index is 1620. The summed E-state index contributed by atoms with van der Waals surface area (Å²) in [6.45, 7) is 2.78. The van der Waals surface area contributed by atoms with Gasteiger partial charge in [-0.3, -0.25) is 9.59 Å². The van der Waals surface area contributed by atoms with Crippen LogP contribution < -0.4 is 10.6 Å². The lowest BCUT2D eigenvalue weighted by Gasteiger charge is -2.12. The number of hydrogen-bond acceptors (Lipinski definition) is 3. The fourth-order valence-corrected chi connectivity index (χ4v) is 6.72. The summed E-state index contributed by atoms with van der Waals surface area (Å²) in [7, 11) is 0. The first kappa shape index (κ1) is 30.7. The van der Waals surface area contributed by atoms with Gasteiger partial charge in [-0.25, -0.2) is 0 Å². The van der Waals surface area contributed by atoms with Crippen LogP contribution >= 0.6 is 58.0 Å². The highest BCUT2D eigenvalue weighted by Gasteiger charge is 2.67. The third kappa shape index (κ3) is 7.07. The van der Waals surface area contributed by atoms with E-state index in [4.69, 9.17) is 58.0 Å². The zero-order chi connectivity index (χ0) is 30.0. The quantitative estimate of drug-likeness (QED) is 0.132. The summed E-state index contributed by atoms with van der Waals surface area (Å²) in [6, 6.07) is 26.0. The molecule has 0 aromatic heterocycles. The van der Waals surface area contributed by atoms with Crippen LogP contribution in [0.2, 0.25) is 15.1 Å². The van der Waals surface area contributed by atoms with Gasteiger partial charge in [0.2, 0.25) is 5.91 Å². The van der Waals surface area contributed by atoms with Crippen LogP contribution in [0.4, 0.5) is 11.4 Å². The largest absolute Gasteiger partial charge is 0.385 e. The number of alkyl halides is 2. The first-order valence-electron chi connectivity index (χ1n) is 13.4. The van der Waals surface area contributed by atoms with Gasteiger partial charge in [0.25, 0.3) is 0 Å². The van der Waals surface area contributed by atoms with E-state index in [1.54, 1.807) is 36.4 Å². The summed E-state index contributed by atoms with van der Waals surface area (Å²) in [5.41, 5.74) is 5.57. The second-order valence-electron chi connectivity index (χ2n) is 10.4. The second-order valence-corrected chi connectivity index (χ2v) is 13.1. The predicted molar refractivity (Wildman–Crippen MR) is 175 cm³/mol. The molecule has 0 aliphatic heterocycles. The number of rotatable bonds is 10. The van der Waals surface area contributed by atoms with Gasteiger partial charge in [-0.2, -0.15) is 0 Å². The number of halogens is 5. The highest BCUT2D eigenvalue weighted by Crippen LogP contribution is 2.65. The molecule has 1 fully saturated rings. The minimum Gasteiger partial charge on any atom is -0.385 e. The molecule has 9 heteroatoms. The molecule has 0 heterocycles. The van der Waals surface area contributed by atoms with E-state index in [9.17, 15) is 9.59 Å². The molecule has 1 aliphatic carbocycles. The Labute approximate surface area is 270 Å². The fourth-order valence-electron chi connectivity index (χ4n) is 5.13. The lowest BCUT2D eigenvalue weighted by atomic mass is 9.98. The average molecular weight is 661 g/mol. The van der Waals surface area contributed by atoms with E-state index in [0.717, 1.165) is 29.8 Å². The Morgan fingerprint density at radius 2 is 1.52 bits per heavy atom. The highest BCUT2D eigenvalue weighted by atomic mass is 35.5. The van der Waals surface area contributed by atoms with E-state index < -0.39 is 16.2 Å². The van der Waals surface area contributed by atoms with Crippen LogP contribution in [0.5, 0.6) is 0 Å². The summed E-state index contributed by atoms with van der Waals surface area (Å²) in [5.74, 6) is -1.75. The number of benzene rings is 4. The van der Waals surface area contributed by atoms with Crippen molar-refractivity contribution in [1.82, 2.24) is 0 Å². The van der Waals surface area contributed by atoms with Gasteiger partial charge >= 0.3 is 0 Å². The number of nitrogens with one attached hydrogen (secondary N) is 2. The van der Waals surface area contributed by atoms with Crippen LogP contribution in [-0.2, 0) is 17.6 Å². The Morgan fingerprint density at radius 3 is 2.21 bits per heavy atom. The number of amides is 1. The fraction of sp³-hybridized carbons (Fsp3) is 0.212. The Hall–Kier alpha value is -2.73. The van der Waals surface area contributed by atoms with Crippen molar-refractivity contribution in [1.29, 1.82) is 0 Å². The van der Waals surface area contributed by atoms with Crippen LogP contribution in [0.3, 0.4) is 0 Å². The Morgan fingerprint density at radius 1 is 0.833 bits per heavy atom. The number of Topliss-reactive ketones (excluding diaryl/α,β-unsaturated/α-hetero) is 1. The van der Waals surface area contributed by atoms with Crippen molar-refractivity contribution >= 4 is 81.1 Å². The minimum absolute atomic E-state index is 0.161. The molecule has 1 amide bonds. The van der Waals surface area contributed by atoms with Crippen LogP contribution in [0.25, 0.3) is 0 Å². The molecule has 2 unspecified atom stereocenters. The number of ketones is 1. The smallest absolute Gasteiger partial charge is 0.231 e. The Balaban J connectivity index is 1.23. The molecule has 42 heavy (non-hydrogen) atoms. The monoisotopic (exact) mass is 658 g/mol. The van der Waals surface area contributed by atoms with Crippen molar-refractivity contribution in [2.75, 3.05) is 17.2 Å². The van der Waals surface area contributed by atoms with Crippen molar-refractivity contribution in [2.24, 2.45) is 5.92 Å². The number of carbonyl (C=O) groups is 2. The van der Waals surface area contributed by atoms with Gasteiger partial charge in [-0.15, -0.1) is 23.2 Å². The maximum atomic E-state index is 13.3. The maximum Gasteiger partial charge on any atom is 0.231 e. The summed E-state index contributed by atoms with van der Waals surface area (Å²) in [5, 5.41) is 7.43. The number of anilines is 2. The molecule has 2 atom stereocenters. The predicted octanol–water partition coefficient (Wildman–Crippen LogP) is 9.56. The molecular weight excluding hydrogens is 634 g/mol. The highest BCUT2D eigenvalue weighted by molar-refractivity contribution is 6.53. The molecule has 216 valence electrons. The normalized spacial score (nSPS) is 17.0. The van der Waals surface area contributed by atoms with Gasteiger partial charge in [0, 0.05) is 45.9 Å². The van der Waals surface area contributed by atoms with Crippen LogP contribution in [0.15, 0.2) is 84.9 Å². The number of carbonyl (C=O) groups excluding carboxylic acids is 2. The first-order valence-corrected chi connectivity index (χ1v) is 15.3. The van der Waals surface area contributed by atoms with Gasteiger partial charge in [-0.1, -0.05) is 71.2 Å². The zero-order valence-corrected chi connectivity index (χ0v) is 26.3. The van der Waals surface area contributed by atoms with Gasteiger partial charge in [0.15, 0.2) is 5.78 Å². The van der Waals surface area contributed by atoms with E-state index in [1.807, 2.05) is 43.3 Å². The second kappa shape index (κ2) is 12.9. The topological polar surface area (TPSA) is 58.2 Å². The average Bonchev–Trinajstić information content (AvgIpc) is 3.53. The number of aryl methyl sites for hydroxylation is 1. The molecule has 4 nitrogen and oxygen atoms in total. The van der Waals surface area contributed by atoms with Crippen molar-refractivity contribution in [3.05, 3.63) is 128 Å². The van der Waals surface area contributed by atoms with Gasteiger partial charge < -0.3 is 10.6 Å². The maximum absolute atomic E-state index is 13.3. The van der Waals surface area contributed by atoms with E-state index in [0.29, 0.717) is 31.9 Å². The Kier molecular flexibility index (Phi) is 9.41. The van der Waals surface area contributed by atoms with E-state index in [-0.39, 0.29) is 18.1 Å². The molecule has 4 aromatic carbocycles. The molecule has 4 aromatic rings. The van der Waals surface area contributed by atoms with Crippen molar-refractivity contribution in [3.63, 3.8) is 0 Å². The standard InChI is InChI=1S/C33H27Cl5N2O2/c1-19-13-25(39-12-11-20-5-3-2-4-6-20)8-7-21(19)16-29(41)27-18-26(9-10-28(27)36)40-32(42)31-30(33(31,37)38)22-14-23(34)17-24(35)15-22/h2-10,13-15,17-18,30-31,39H,11-12,16H2,1H3,(H,40,42). The van der Waals surface area contributed by atoms with E-state index in [2.05, 4.69) is 22.8 Å². The zero-order valence-electron chi connectivity index (χ0n) is 22.6. The molecular formula is C33H27Cl5N2O2. The van der Waals surface area contributed by atoms with Crippen molar-refractivity contribution in [3.8, 4) is 0 Å². The van der Waals surface area contributed by atoms with Crippen molar-refractivity contribution < 1.29 is 9.59 Å². The van der Waals surface area contributed by atoms with Gasteiger partial charge in [-0.05, 0) is 84.1 Å². The SMILES string of the molecule is Cc1cc(NCCc2ccccc2)ccc1CC(=O)c1cc(NC(=O)C2C(c3cc(Cl)cc(Cl)c3)C2(Cl)Cl)ccc1Cl. The van der Waals surface area contributed by atoms with Gasteiger partial charge in [0.05, 0.1) is 10.9 Å². The molecule has 2 N–H and O–H groups in total. The van der Waals surface area contributed by atoms with Crippen LogP contribution in [0.1, 0.15) is 38.5 Å². The molecule has 0 saturated heterocycles. The third-order valence-corrected chi connectivity index (χ3v) is 9.10. The first-order chi connectivity index (χ1) is 20.0. The van der Waals surface area contributed by atoms with Crippen LogP contribution in [0, 0.1) is 12.8 Å². The third-order valence-electron chi connectivity index (χ3n) is 7.39. The van der Waals surface area contributed by atoms with E-state index >= 15 is 0 Å². The molecule has 0 radical (unpaired) electrons. The van der Waals surface area contributed by atoms with Crippen molar-refractivity contribution in [2.45, 2.75) is 30.0 Å². The molecule has 0 bridgehead atoms. The summed E-state index contributed by atoms with van der Waals surface area (Å²) in [6.07, 6.45) is 1.08.